The highest BCUT2D eigenvalue weighted by Gasteiger charge is 2.19. The van der Waals surface area contributed by atoms with Crippen LogP contribution in [-0.2, 0) is 6.54 Å². The highest BCUT2D eigenvalue weighted by Crippen LogP contribution is 2.16. The maximum Gasteiger partial charge on any atom is 0.0679 e. The molecule has 0 spiro atoms. The lowest BCUT2D eigenvalue weighted by Crippen LogP contribution is -2.21. The number of aliphatic hydroxyl groups is 1. The van der Waals surface area contributed by atoms with Crippen molar-refractivity contribution in [3.63, 3.8) is 0 Å². The Labute approximate surface area is 97.3 Å². The predicted octanol–water partition coefficient (Wildman–Crippen LogP) is 1.32. The summed E-state index contributed by atoms with van der Waals surface area (Å²) in [6.45, 7) is 2.77. The van der Waals surface area contributed by atoms with Crippen molar-refractivity contribution >= 4 is 5.69 Å². The molecule has 1 N–H and O–H groups in total. The first kappa shape index (κ1) is 11.4. The van der Waals surface area contributed by atoms with Crippen molar-refractivity contribution < 1.29 is 5.11 Å². The first-order valence-corrected chi connectivity index (χ1v) is 5.82. The number of hydrogen-bond donors (Lipinski definition) is 1. The van der Waals surface area contributed by atoms with Gasteiger partial charge in [0.15, 0.2) is 0 Å². The molecule has 16 heavy (non-hydrogen) atoms. The van der Waals surface area contributed by atoms with E-state index in [1.807, 2.05) is 14.1 Å². The SMILES string of the molecule is CN(C)c1ccc(CN2CC[C@H](O)C2)cc1. The molecule has 1 aromatic carbocycles. The molecular formula is C13H20N2O. The Kier molecular flexibility index (Phi) is 3.46. The molecule has 3 nitrogen and oxygen atoms in total. The Balaban J connectivity index is 1.95. The van der Waals surface area contributed by atoms with Crippen LogP contribution in [0.2, 0.25) is 0 Å². The lowest BCUT2D eigenvalue weighted by atomic mass is 10.2. The van der Waals surface area contributed by atoms with Crippen LogP contribution in [0, 0.1) is 0 Å². The number of nitrogens with zero attached hydrogens (tertiary/aromatic N) is 2. The average Bonchev–Trinajstić information content (AvgIpc) is 2.65. The lowest BCUT2D eigenvalue weighted by Gasteiger charge is -2.16. The smallest absolute Gasteiger partial charge is 0.0679 e. The summed E-state index contributed by atoms with van der Waals surface area (Å²) < 4.78 is 0. The van der Waals surface area contributed by atoms with E-state index in [2.05, 4.69) is 34.1 Å². The van der Waals surface area contributed by atoms with Gasteiger partial charge in [-0.05, 0) is 24.1 Å². The maximum absolute atomic E-state index is 9.45. The van der Waals surface area contributed by atoms with Crippen LogP contribution < -0.4 is 4.90 Å². The molecule has 1 aromatic rings. The second-order valence-electron chi connectivity index (χ2n) is 4.74. The fourth-order valence-electron chi connectivity index (χ4n) is 2.11. The molecule has 1 fully saturated rings. The fraction of sp³-hybridized carbons (Fsp3) is 0.538. The van der Waals surface area contributed by atoms with Crippen LogP contribution in [0.1, 0.15) is 12.0 Å². The summed E-state index contributed by atoms with van der Waals surface area (Å²) in [6.07, 6.45) is 0.788. The van der Waals surface area contributed by atoms with Crippen molar-refractivity contribution in [3.8, 4) is 0 Å². The molecule has 0 amide bonds. The zero-order chi connectivity index (χ0) is 11.5. The monoisotopic (exact) mass is 220 g/mol. The summed E-state index contributed by atoms with van der Waals surface area (Å²) in [7, 11) is 4.09. The van der Waals surface area contributed by atoms with Gasteiger partial charge in [0.25, 0.3) is 0 Å². The van der Waals surface area contributed by atoms with Gasteiger partial charge in [-0.2, -0.15) is 0 Å². The van der Waals surface area contributed by atoms with Gasteiger partial charge in [-0.3, -0.25) is 4.90 Å². The molecule has 1 heterocycles. The summed E-state index contributed by atoms with van der Waals surface area (Å²) in [6, 6.07) is 8.61. The van der Waals surface area contributed by atoms with E-state index in [0.717, 1.165) is 26.1 Å². The summed E-state index contributed by atoms with van der Waals surface area (Å²) in [5.41, 5.74) is 2.55. The zero-order valence-corrected chi connectivity index (χ0v) is 10.1. The van der Waals surface area contributed by atoms with Crippen LogP contribution in [0.4, 0.5) is 5.69 Å². The predicted molar refractivity (Wildman–Crippen MR) is 66.7 cm³/mol. The molecular weight excluding hydrogens is 200 g/mol. The van der Waals surface area contributed by atoms with Crippen molar-refractivity contribution in [1.82, 2.24) is 4.90 Å². The van der Waals surface area contributed by atoms with Gasteiger partial charge in [-0.25, -0.2) is 0 Å². The van der Waals surface area contributed by atoms with Crippen molar-refractivity contribution in [2.24, 2.45) is 0 Å². The van der Waals surface area contributed by atoms with E-state index >= 15 is 0 Å². The number of β-amino-alcohol motifs (C(OH)–C–C–N with tert-alkyl or cyclic N) is 1. The van der Waals surface area contributed by atoms with Crippen LogP contribution in [-0.4, -0.2) is 43.3 Å². The minimum absolute atomic E-state index is 0.124. The number of likely N-dealkylation sites (tertiary alicyclic amines) is 1. The largest absolute Gasteiger partial charge is 0.392 e. The van der Waals surface area contributed by atoms with Gasteiger partial charge in [-0.1, -0.05) is 12.1 Å². The second kappa shape index (κ2) is 4.85. The van der Waals surface area contributed by atoms with E-state index < -0.39 is 0 Å². The molecule has 2 rings (SSSR count). The van der Waals surface area contributed by atoms with Crippen molar-refractivity contribution in [2.45, 2.75) is 19.1 Å². The average molecular weight is 220 g/mol. The Morgan fingerprint density at radius 2 is 2.00 bits per heavy atom. The third-order valence-electron chi connectivity index (χ3n) is 3.11. The molecule has 0 saturated carbocycles. The fourth-order valence-corrected chi connectivity index (χ4v) is 2.11. The van der Waals surface area contributed by atoms with E-state index in [4.69, 9.17) is 0 Å². The summed E-state index contributed by atoms with van der Waals surface area (Å²) in [5.74, 6) is 0. The molecule has 3 heteroatoms. The third-order valence-corrected chi connectivity index (χ3v) is 3.11. The quantitative estimate of drug-likeness (QED) is 0.832. The van der Waals surface area contributed by atoms with E-state index in [-0.39, 0.29) is 6.10 Å². The van der Waals surface area contributed by atoms with E-state index in [1.165, 1.54) is 11.3 Å². The first-order chi connectivity index (χ1) is 7.65. The number of benzene rings is 1. The van der Waals surface area contributed by atoms with Gasteiger partial charge in [-0.15, -0.1) is 0 Å². The van der Waals surface area contributed by atoms with E-state index in [9.17, 15) is 5.11 Å². The second-order valence-corrected chi connectivity index (χ2v) is 4.74. The topological polar surface area (TPSA) is 26.7 Å². The first-order valence-electron chi connectivity index (χ1n) is 5.82. The highest BCUT2D eigenvalue weighted by atomic mass is 16.3. The Morgan fingerprint density at radius 3 is 2.50 bits per heavy atom. The van der Waals surface area contributed by atoms with E-state index in [1.54, 1.807) is 0 Å². The number of aliphatic hydroxyl groups excluding tert-OH is 1. The molecule has 1 aliphatic rings. The molecule has 1 atom stereocenters. The van der Waals surface area contributed by atoms with Gasteiger partial charge in [0.05, 0.1) is 6.10 Å². The summed E-state index contributed by atoms with van der Waals surface area (Å²) >= 11 is 0. The standard InChI is InChI=1S/C13H20N2O/c1-14(2)12-5-3-11(4-6-12)9-15-8-7-13(16)10-15/h3-6,13,16H,7-10H2,1-2H3/t13-/m0/s1. The van der Waals surface area contributed by atoms with E-state index in [0.29, 0.717) is 0 Å². The van der Waals surface area contributed by atoms with Gasteiger partial charge in [0.1, 0.15) is 0 Å². The molecule has 88 valence electrons. The van der Waals surface area contributed by atoms with Gasteiger partial charge >= 0.3 is 0 Å². The van der Waals surface area contributed by atoms with Gasteiger partial charge in [0, 0.05) is 39.4 Å². The van der Waals surface area contributed by atoms with Gasteiger partial charge in [0.2, 0.25) is 0 Å². The van der Waals surface area contributed by atoms with Crippen LogP contribution in [0.25, 0.3) is 0 Å². The van der Waals surface area contributed by atoms with Crippen LogP contribution >= 0.6 is 0 Å². The lowest BCUT2D eigenvalue weighted by molar-refractivity contribution is 0.175. The van der Waals surface area contributed by atoms with Crippen LogP contribution in [0.15, 0.2) is 24.3 Å². The Hall–Kier alpha value is -1.06. The molecule has 1 aliphatic heterocycles. The van der Waals surface area contributed by atoms with Gasteiger partial charge < -0.3 is 10.0 Å². The number of hydrogen-bond acceptors (Lipinski definition) is 3. The highest BCUT2D eigenvalue weighted by molar-refractivity contribution is 5.45. The molecule has 0 radical (unpaired) electrons. The van der Waals surface area contributed by atoms with Crippen molar-refractivity contribution in [2.75, 3.05) is 32.1 Å². The third kappa shape index (κ3) is 2.74. The molecule has 0 unspecified atom stereocenters. The minimum Gasteiger partial charge on any atom is -0.392 e. The summed E-state index contributed by atoms with van der Waals surface area (Å²) in [4.78, 5) is 4.40. The molecule has 0 aromatic heterocycles. The Morgan fingerprint density at radius 1 is 1.31 bits per heavy atom. The van der Waals surface area contributed by atoms with Crippen molar-refractivity contribution in [1.29, 1.82) is 0 Å². The normalized spacial score (nSPS) is 21.3. The van der Waals surface area contributed by atoms with Crippen molar-refractivity contribution in [3.05, 3.63) is 29.8 Å². The summed E-state index contributed by atoms with van der Waals surface area (Å²) in [5, 5.41) is 9.45. The van der Waals surface area contributed by atoms with Crippen LogP contribution in [0.5, 0.6) is 0 Å². The Bertz CT molecular complexity index is 334. The maximum atomic E-state index is 9.45. The molecule has 0 aliphatic carbocycles. The number of anilines is 1. The minimum atomic E-state index is -0.124. The van der Waals surface area contributed by atoms with Crippen LogP contribution in [0.3, 0.4) is 0 Å². The molecule has 0 bridgehead atoms. The molecule has 1 saturated heterocycles. The number of rotatable bonds is 3. The zero-order valence-electron chi connectivity index (χ0n) is 10.1.